The summed E-state index contributed by atoms with van der Waals surface area (Å²) in [6.07, 6.45) is 6.60. The van der Waals surface area contributed by atoms with Crippen LogP contribution in [0.15, 0.2) is 16.6 Å². The van der Waals surface area contributed by atoms with E-state index in [-0.39, 0.29) is 18.0 Å². The Morgan fingerprint density at radius 1 is 1.33 bits per heavy atom. The van der Waals surface area contributed by atoms with Gasteiger partial charge in [-0.25, -0.2) is 4.79 Å². The van der Waals surface area contributed by atoms with E-state index in [1.807, 2.05) is 0 Å². The Hall–Kier alpha value is -0.780. The number of nitrogens with one attached hydrogen (secondary N) is 1. The first-order valence-corrected chi connectivity index (χ1v) is 7.89. The lowest BCUT2D eigenvalue weighted by atomic mass is 9.89. The molecule has 2 rings (SSSR count). The maximum Gasteiger partial charge on any atom is 0.335 e. The van der Waals surface area contributed by atoms with Gasteiger partial charge in [-0.3, -0.25) is 0 Å². The molecule has 1 aliphatic carbocycles. The van der Waals surface area contributed by atoms with Crippen LogP contribution in [-0.2, 0) is 6.54 Å². The molecule has 21 heavy (non-hydrogen) atoms. The van der Waals surface area contributed by atoms with Crippen molar-refractivity contribution in [1.29, 1.82) is 0 Å². The number of anilines is 1. The van der Waals surface area contributed by atoms with E-state index >= 15 is 0 Å². The highest BCUT2D eigenvalue weighted by Crippen LogP contribution is 2.26. The molecule has 1 aliphatic rings. The molecule has 4 nitrogen and oxygen atoms in total. The Kier molecular flexibility index (Phi) is 7.49. The number of carboxylic acids is 1. The van der Waals surface area contributed by atoms with Crippen molar-refractivity contribution in [2.24, 2.45) is 5.92 Å². The van der Waals surface area contributed by atoms with Gasteiger partial charge in [0.25, 0.3) is 0 Å². The van der Waals surface area contributed by atoms with Gasteiger partial charge in [0, 0.05) is 11.0 Å². The van der Waals surface area contributed by atoms with Gasteiger partial charge in [0.2, 0.25) is 0 Å². The third-order valence-corrected chi connectivity index (χ3v) is 4.59. The van der Waals surface area contributed by atoms with Crippen LogP contribution in [0.1, 0.15) is 48.0 Å². The van der Waals surface area contributed by atoms with Crippen LogP contribution in [0.4, 0.5) is 5.69 Å². The highest BCUT2D eigenvalue weighted by molar-refractivity contribution is 9.10. The van der Waals surface area contributed by atoms with E-state index in [2.05, 4.69) is 21.2 Å². The van der Waals surface area contributed by atoms with Crippen molar-refractivity contribution in [2.45, 2.75) is 38.6 Å². The van der Waals surface area contributed by atoms with Crippen LogP contribution in [0, 0.1) is 5.92 Å². The molecule has 118 valence electrons. The largest absolute Gasteiger partial charge is 0.478 e. The van der Waals surface area contributed by atoms with Gasteiger partial charge in [-0.1, -0.05) is 19.3 Å². The number of halogens is 2. The molecule has 0 radical (unpaired) electrons. The number of benzene rings is 1. The van der Waals surface area contributed by atoms with E-state index in [0.717, 1.165) is 18.0 Å². The zero-order chi connectivity index (χ0) is 14.5. The summed E-state index contributed by atoms with van der Waals surface area (Å²) >= 11 is 3.32. The monoisotopic (exact) mass is 376 g/mol. The van der Waals surface area contributed by atoms with Crippen molar-refractivity contribution in [3.05, 3.63) is 27.7 Å². The lowest BCUT2D eigenvalue weighted by Gasteiger charge is -2.22. The molecule has 6 heteroatoms. The number of rotatable bonds is 5. The van der Waals surface area contributed by atoms with Crippen molar-refractivity contribution >= 4 is 40.0 Å². The molecule has 0 aromatic heterocycles. The number of aromatic carboxylic acids is 1. The summed E-state index contributed by atoms with van der Waals surface area (Å²) in [5, 5.41) is 12.5. The zero-order valence-electron chi connectivity index (χ0n) is 11.9. The maximum atomic E-state index is 11.1. The van der Waals surface area contributed by atoms with Gasteiger partial charge in [0.15, 0.2) is 0 Å². The molecular weight excluding hydrogens is 356 g/mol. The average Bonchev–Trinajstić information content (AvgIpc) is 2.44. The van der Waals surface area contributed by atoms with Crippen molar-refractivity contribution < 1.29 is 9.90 Å². The quantitative estimate of drug-likeness (QED) is 0.682. The molecule has 0 heterocycles. The molecule has 0 unspecified atom stereocenters. The highest BCUT2D eigenvalue weighted by atomic mass is 79.9. The van der Waals surface area contributed by atoms with E-state index in [1.54, 1.807) is 12.1 Å². The van der Waals surface area contributed by atoms with E-state index in [9.17, 15) is 4.79 Å². The van der Waals surface area contributed by atoms with Crippen LogP contribution in [0.2, 0.25) is 0 Å². The molecule has 0 bridgehead atoms. The molecule has 0 saturated heterocycles. The van der Waals surface area contributed by atoms with Crippen molar-refractivity contribution in [3.63, 3.8) is 0 Å². The third kappa shape index (κ3) is 5.16. The van der Waals surface area contributed by atoms with E-state index in [0.29, 0.717) is 16.7 Å². The fourth-order valence-electron chi connectivity index (χ4n) is 2.75. The van der Waals surface area contributed by atoms with Gasteiger partial charge in [0.05, 0.1) is 11.3 Å². The Morgan fingerprint density at radius 3 is 2.62 bits per heavy atom. The minimum Gasteiger partial charge on any atom is -0.478 e. The van der Waals surface area contributed by atoms with E-state index < -0.39 is 5.97 Å². The second kappa shape index (κ2) is 8.61. The van der Waals surface area contributed by atoms with Crippen LogP contribution < -0.4 is 11.1 Å². The fraction of sp³-hybridized carbons (Fsp3) is 0.533. The molecular formula is C15H22BrClN2O2. The van der Waals surface area contributed by atoms with Gasteiger partial charge >= 0.3 is 5.97 Å². The van der Waals surface area contributed by atoms with Crippen LogP contribution in [0.25, 0.3) is 0 Å². The molecule has 0 spiro atoms. The minimum absolute atomic E-state index is 0. The second-order valence-corrected chi connectivity index (χ2v) is 6.33. The maximum absolute atomic E-state index is 11.1. The number of hydrogen-bond acceptors (Lipinski definition) is 3. The van der Waals surface area contributed by atoms with Gasteiger partial charge in [-0.05, 0) is 58.9 Å². The Balaban J connectivity index is 0.00000220. The van der Waals surface area contributed by atoms with Crippen LogP contribution in [0.3, 0.4) is 0 Å². The first kappa shape index (κ1) is 18.3. The summed E-state index contributed by atoms with van der Waals surface area (Å²) < 4.78 is 0.645. The summed E-state index contributed by atoms with van der Waals surface area (Å²) in [6, 6.07) is 3.19. The Labute approximate surface area is 140 Å². The molecule has 0 amide bonds. The van der Waals surface area contributed by atoms with Gasteiger partial charge < -0.3 is 16.2 Å². The van der Waals surface area contributed by atoms with E-state index in [1.165, 1.54) is 32.1 Å². The standard InChI is InChI=1S/C15H21BrN2O2.ClH/c16-13-7-11(15(19)20)6-12(14(13)17)9-18-8-10-4-2-1-3-5-10;/h6-7,10,18H,1-5,8-9,17H2,(H,19,20);1H. The summed E-state index contributed by atoms with van der Waals surface area (Å²) in [6.45, 7) is 1.59. The molecule has 1 aromatic carbocycles. The molecule has 0 aliphatic heterocycles. The molecule has 0 atom stereocenters. The van der Waals surface area contributed by atoms with Crippen LogP contribution >= 0.6 is 28.3 Å². The smallest absolute Gasteiger partial charge is 0.335 e. The SMILES string of the molecule is Cl.Nc1c(Br)cc(C(=O)O)cc1CNCC1CCCCC1. The van der Waals surface area contributed by atoms with Crippen molar-refractivity contribution in [1.82, 2.24) is 5.32 Å². The topological polar surface area (TPSA) is 75.4 Å². The Bertz CT molecular complexity index is 491. The van der Waals surface area contributed by atoms with Gasteiger partial charge in [-0.15, -0.1) is 12.4 Å². The van der Waals surface area contributed by atoms with Crippen LogP contribution in [-0.4, -0.2) is 17.6 Å². The predicted molar refractivity (Wildman–Crippen MR) is 91.0 cm³/mol. The third-order valence-electron chi connectivity index (χ3n) is 3.94. The minimum atomic E-state index is -0.931. The first-order chi connectivity index (χ1) is 9.58. The molecule has 1 saturated carbocycles. The number of carboxylic acid groups (broad SMARTS) is 1. The lowest BCUT2D eigenvalue weighted by Crippen LogP contribution is -2.24. The number of hydrogen-bond donors (Lipinski definition) is 3. The number of nitrogen functional groups attached to an aromatic ring is 1. The van der Waals surface area contributed by atoms with Crippen molar-refractivity contribution in [3.8, 4) is 0 Å². The molecule has 1 aromatic rings. The second-order valence-electron chi connectivity index (χ2n) is 5.47. The normalized spacial score (nSPS) is 15.5. The summed E-state index contributed by atoms with van der Waals surface area (Å²) in [5.74, 6) is -0.185. The first-order valence-electron chi connectivity index (χ1n) is 7.10. The van der Waals surface area contributed by atoms with Crippen LogP contribution in [0.5, 0.6) is 0 Å². The zero-order valence-corrected chi connectivity index (χ0v) is 14.3. The predicted octanol–water partition coefficient (Wildman–Crippen LogP) is 3.82. The summed E-state index contributed by atoms with van der Waals surface area (Å²) in [7, 11) is 0. The fourth-order valence-corrected chi connectivity index (χ4v) is 3.25. The highest BCUT2D eigenvalue weighted by Gasteiger charge is 2.14. The van der Waals surface area contributed by atoms with E-state index in [4.69, 9.17) is 10.8 Å². The summed E-state index contributed by atoms with van der Waals surface area (Å²) in [4.78, 5) is 11.1. The van der Waals surface area contributed by atoms with Gasteiger partial charge in [-0.2, -0.15) is 0 Å². The lowest BCUT2D eigenvalue weighted by molar-refractivity contribution is 0.0696. The average molecular weight is 378 g/mol. The Morgan fingerprint density at radius 2 is 2.00 bits per heavy atom. The molecule has 4 N–H and O–H groups in total. The number of nitrogens with two attached hydrogens (primary N) is 1. The van der Waals surface area contributed by atoms with Crippen molar-refractivity contribution in [2.75, 3.05) is 12.3 Å². The molecule has 1 fully saturated rings. The summed E-state index contributed by atoms with van der Waals surface area (Å²) in [5.41, 5.74) is 7.71. The van der Waals surface area contributed by atoms with Gasteiger partial charge in [0.1, 0.15) is 0 Å². The number of carbonyl (C=O) groups is 1.